The SMILES string of the molecule is CNC1CCN(S(=O)(=O)c2cccc(-c3ccccc3)c2)C1.Cl. The Kier molecular flexibility index (Phi) is 5.81. The maximum absolute atomic E-state index is 12.8. The van der Waals surface area contributed by atoms with E-state index in [0.29, 0.717) is 18.0 Å². The van der Waals surface area contributed by atoms with E-state index in [2.05, 4.69) is 5.32 Å². The van der Waals surface area contributed by atoms with E-state index in [-0.39, 0.29) is 18.4 Å². The molecule has 1 aliphatic heterocycles. The number of sulfonamides is 1. The van der Waals surface area contributed by atoms with Crippen molar-refractivity contribution in [1.29, 1.82) is 0 Å². The highest BCUT2D eigenvalue weighted by atomic mass is 35.5. The molecule has 6 heteroatoms. The lowest BCUT2D eigenvalue weighted by Gasteiger charge is -2.17. The van der Waals surface area contributed by atoms with Gasteiger partial charge < -0.3 is 5.32 Å². The predicted octanol–water partition coefficient (Wildman–Crippen LogP) is 2.76. The first-order valence-electron chi connectivity index (χ1n) is 7.44. The maximum Gasteiger partial charge on any atom is 0.243 e. The Bertz CT molecular complexity index is 750. The Balaban J connectivity index is 0.00000192. The molecule has 0 amide bonds. The molecule has 124 valence electrons. The predicted molar refractivity (Wildman–Crippen MR) is 95.3 cm³/mol. The van der Waals surface area contributed by atoms with Crippen molar-refractivity contribution in [2.24, 2.45) is 0 Å². The molecule has 0 aliphatic carbocycles. The number of hydrogen-bond acceptors (Lipinski definition) is 3. The molecule has 3 rings (SSSR count). The van der Waals surface area contributed by atoms with Gasteiger partial charge in [0.15, 0.2) is 0 Å². The molecular formula is C17H21ClN2O2S. The van der Waals surface area contributed by atoms with Crippen molar-refractivity contribution < 1.29 is 8.42 Å². The van der Waals surface area contributed by atoms with Gasteiger partial charge in [-0.05, 0) is 36.7 Å². The fourth-order valence-electron chi connectivity index (χ4n) is 2.80. The lowest BCUT2D eigenvalue weighted by atomic mass is 10.1. The molecule has 1 aliphatic rings. The average Bonchev–Trinajstić information content (AvgIpc) is 3.06. The summed E-state index contributed by atoms with van der Waals surface area (Å²) in [5, 5.41) is 3.15. The van der Waals surface area contributed by atoms with E-state index in [1.807, 2.05) is 43.4 Å². The molecule has 1 heterocycles. The van der Waals surface area contributed by atoms with Crippen LogP contribution in [-0.4, -0.2) is 38.9 Å². The van der Waals surface area contributed by atoms with E-state index in [1.54, 1.807) is 22.5 Å². The number of nitrogens with zero attached hydrogens (tertiary/aromatic N) is 1. The molecule has 0 bridgehead atoms. The van der Waals surface area contributed by atoms with E-state index < -0.39 is 10.0 Å². The van der Waals surface area contributed by atoms with Gasteiger partial charge in [-0.2, -0.15) is 4.31 Å². The van der Waals surface area contributed by atoms with Gasteiger partial charge in [0.2, 0.25) is 10.0 Å². The van der Waals surface area contributed by atoms with Crippen LogP contribution in [0.2, 0.25) is 0 Å². The quantitative estimate of drug-likeness (QED) is 0.920. The molecule has 2 aromatic rings. The highest BCUT2D eigenvalue weighted by Crippen LogP contribution is 2.26. The number of rotatable bonds is 4. The van der Waals surface area contributed by atoms with Crippen LogP contribution in [0.3, 0.4) is 0 Å². The van der Waals surface area contributed by atoms with E-state index in [4.69, 9.17) is 0 Å². The molecule has 1 fully saturated rings. The summed E-state index contributed by atoms with van der Waals surface area (Å²) < 4.78 is 27.1. The Morgan fingerprint density at radius 3 is 2.39 bits per heavy atom. The molecule has 1 N–H and O–H groups in total. The Hall–Kier alpha value is -1.40. The summed E-state index contributed by atoms with van der Waals surface area (Å²) >= 11 is 0. The highest BCUT2D eigenvalue weighted by Gasteiger charge is 2.31. The second-order valence-corrected chi connectivity index (χ2v) is 7.47. The highest BCUT2D eigenvalue weighted by molar-refractivity contribution is 7.89. The zero-order valence-electron chi connectivity index (χ0n) is 13.0. The second kappa shape index (κ2) is 7.45. The third-order valence-electron chi connectivity index (χ3n) is 4.14. The molecule has 0 radical (unpaired) electrons. The van der Waals surface area contributed by atoms with Crippen LogP contribution in [0.4, 0.5) is 0 Å². The van der Waals surface area contributed by atoms with E-state index in [9.17, 15) is 8.42 Å². The molecule has 1 unspecified atom stereocenters. The number of halogens is 1. The van der Waals surface area contributed by atoms with Crippen molar-refractivity contribution in [2.75, 3.05) is 20.1 Å². The van der Waals surface area contributed by atoms with Gasteiger partial charge in [-0.25, -0.2) is 8.42 Å². The van der Waals surface area contributed by atoms with Gasteiger partial charge in [0.25, 0.3) is 0 Å². The van der Waals surface area contributed by atoms with Crippen LogP contribution in [-0.2, 0) is 10.0 Å². The Morgan fingerprint density at radius 1 is 1.04 bits per heavy atom. The van der Waals surface area contributed by atoms with Crippen LogP contribution in [0.5, 0.6) is 0 Å². The Labute approximate surface area is 144 Å². The van der Waals surface area contributed by atoms with Crippen LogP contribution < -0.4 is 5.32 Å². The van der Waals surface area contributed by atoms with Gasteiger partial charge in [-0.3, -0.25) is 0 Å². The van der Waals surface area contributed by atoms with Gasteiger partial charge in [0.1, 0.15) is 0 Å². The number of benzene rings is 2. The molecule has 1 atom stereocenters. The first-order chi connectivity index (χ1) is 10.6. The van der Waals surface area contributed by atoms with Gasteiger partial charge in [0, 0.05) is 19.1 Å². The fourth-order valence-corrected chi connectivity index (χ4v) is 4.34. The summed E-state index contributed by atoms with van der Waals surface area (Å²) in [5.74, 6) is 0. The fraction of sp³-hybridized carbons (Fsp3) is 0.294. The first kappa shape index (κ1) is 17.9. The van der Waals surface area contributed by atoms with Crippen LogP contribution in [0.1, 0.15) is 6.42 Å². The van der Waals surface area contributed by atoms with Crippen LogP contribution in [0.15, 0.2) is 59.5 Å². The Morgan fingerprint density at radius 2 is 1.74 bits per heavy atom. The lowest BCUT2D eigenvalue weighted by molar-refractivity contribution is 0.464. The van der Waals surface area contributed by atoms with Gasteiger partial charge >= 0.3 is 0 Å². The molecule has 4 nitrogen and oxygen atoms in total. The second-order valence-electron chi connectivity index (χ2n) is 5.53. The lowest BCUT2D eigenvalue weighted by Crippen LogP contribution is -2.33. The minimum absolute atomic E-state index is 0. The van der Waals surface area contributed by atoms with Crippen molar-refractivity contribution in [1.82, 2.24) is 9.62 Å². The van der Waals surface area contributed by atoms with Crippen molar-refractivity contribution in [2.45, 2.75) is 17.4 Å². The summed E-state index contributed by atoms with van der Waals surface area (Å²) in [6.45, 7) is 1.11. The van der Waals surface area contributed by atoms with Crippen molar-refractivity contribution in [3.05, 3.63) is 54.6 Å². The standard InChI is InChI=1S/C17H20N2O2S.ClH/c1-18-16-10-11-19(13-16)22(20,21)17-9-5-8-15(12-17)14-6-3-2-4-7-14;/h2-9,12,16,18H,10-11,13H2,1H3;1H. The number of likely N-dealkylation sites (N-methyl/N-ethyl adjacent to an activating group) is 1. The molecule has 0 spiro atoms. The van der Waals surface area contributed by atoms with Gasteiger partial charge in [0.05, 0.1) is 4.90 Å². The normalized spacial score (nSPS) is 18.6. The van der Waals surface area contributed by atoms with E-state index in [1.165, 1.54) is 0 Å². The van der Waals surface area contributed by atoms with Crippen LogP contribution in [0.25, 0.3) is 11.1 Å². The van der Waals surface area contributed by atoms with Crippen molar-refractivity contribution in [3.8, 4) is 11.1 Å². The summed E-state index contributed by atoms with van der Waals surface area (Å²) in [6.07, 6.45) is 0.855. The van der Waals surface area contributed by atoms with Gasteiger partial charge in [-0.1, -0.05) is 42.5 Å². The smallest absolute Gasteiger partial charge is 0.243 e. The molecule has 0 saturated carbocycles. The number of hydrogen-bond donors (Lipinski definition) is 1. The average molecular weight is 353 g/mol. The minimum Gasteiger partial charge on any atom is -0.316 e. The zero-order valence-corrected chi connectivity index (χ0v) is 14.6. The molecule has 0 aromatic heterocycles. The maximum atomic E-state index is 12.8. The molecule has 1 saturated heterocycles. The minimum atomic E-state index is -3.42. The van der Waals surface area contributed by atoms with Crippen LogP contribution >= 0.6 is 12.4 Å². The number of nitrogens with one attached hydrogen (secondary N) is 1. The summed E-state index contributed by atoms with van der Waals surface area (Å²) in [7, 11) is -1.55. The summed E-state index contributed by atoms with van der Waals surface area (Å²) in [6, 6.07) is 17.3. The van der Waals surface area contributed by atoms with E-state index >= 15 is 0 Å². The molecule has 2 aromatic carbocycles. The topological polar surface area (TPSA) is 49.4 Å². The third-order valence-corrected chi connectivity index (χ3v) is 6.00. The largest absolute Gasteiger partial charge is 0.316 e. The summed E-state index contributed by atoms with van der Waals surface area (Å²) in [4.78, 5) is 0.366. The zero-order chi connectivity index (χ0) is 15.6. The van der Waals surface area contributed by atoms with E-state index in [0.717, 1.165) is 17.5 Å². The summed E-state index contributed by atoms with van der Waals surface area (Å²) in [5.41, 5.74) is 1.94. The monoisotopic (exact) mass is 352 g/mol. The molecular weight excluding hydrogens is 332 g/mol. The molecule has 23 heavy (non-hydrogen) atoms. The van der Waals surface area contributed by atoms with Crippen molar-refractivity contribution in [3.63, 3.8) is 0 Å². The van der Waals surface area contributed by atoms with Gasteiger partial charge in [-0.15, -0.1) is 12.4 Å². The van der Waals surface area contributed by atoms with Crippen molar-refractivity contribution >= 4 is 22.4 Å². The third kappa shape index (κ3) is 3.75. The first-order valence-corrected chi connectivity index (χ1v) is 8.88. The van der Waals surface area contributed by atoms with Crippen LogP contribution in [0, 0.1) is 0 Å².